The van der Waals surface area contributed by atoms with Gasteiger partial charge in [0.1, 0.15) is 0 Å². The van der Waals surface area contributed by atoms with E-state index < -0.39 is 12.0 Å². The molecule has 0 aromatic carbocycles. The van der Waals surface area contributed by atoms with Crippen LogP contribution in [0, 0.1) is 11.3 Å². The molecule has 0 amide bonds. The van der Waals surface area contributed by atoms with Gasteiger partial charge in [-0.15, -0.1) is 0 Å². The van der Waals surface area contributed by atoms with Gasteiger partial charge >= 0.3 is 5.97 Å². The third-order valence-electron chi connectivity index (χ3n) is 1.22. The van der Waals surface area contributed by atoms with Gasteiger partial charge in [0.05, 0.1) is 19.8 Å². The van der Waals surface area contributed by atoms with Crippen molar-refractivity contribution >= 4 is 5.97 Å². The second kappa shape index (κ2) is 6.58. The monoisotopic (exact) mass is 172 g/mol. The van der Waals surface area contributed by atoms with Crippen molar-refractivity contribution in [2.75, 3.05) is 27.4 Å². The minimum Gasteiger partial charge on any atom is -0.467 e. The van der Waals surface area contributed by atoms with Crippen molar-refractivity contribution in [2.24, 2.45) is 0 Å². The summed E-state index contributed by atoms with van der Waals surface area (Å²) in [5, 5.41) is 11.1. The molecule has 0 spiro atoms. The molecule has 5 heteroatoms. The number of ether oxygens (including phenoxy) is 2. The predicted molar refractivity (Wildman–Crippen MR) is 41.3 cm³/mol. The molecule has 0 fully saturated rings. The average molecular weight is 172 g/mol. The summed E-state index contributed by atoms with van der Waals surface area (Å²) in [4.78, 5) is 10.8. The lowest BCUT2D eigenvalue weighted by Crippen LogP contribution is -2.38. The fourth-order valence-corrected chi connectivity index (χ4v) is 0.605. The van der Waals surface area contributed by atoms with Gasteiger partial charge in [0.15, 0.2) is 6.04 Å². The lowest BCUT2D eigenvalue weighted by atomic mass is 10.3. The van der Waals surface area contributed by atoms with Crippen LogP contribution in [0.1, 0.15) is 0 Å². The maximum Gasteiger partial charge on any atom is 0.337 e. The van der Waals surface area contributed by atoms with E-state index in [9.17, 15) is 4.79 Å². The number of esters is 1. The molecule has 0 aromatic rings. The number of hydrogen-bond acceptors (Lipinski definition) is 5. The molecule has 0 aromatic heterocycles. The first-order chi connectivity index (χ1) is 5.76. The summed E-state index contributed by atoms with van der Waals surface area (Å²) in [6, 6.07) is 0.872. The largest absolute Gasteiger partial charge is 0.467 e. The van der Waals surface area contributed by atoms with Crippen LogP contribution < -0.4 is 5.32 Å². The van der Waals surface area contributed by atoms with E-state index in [2.05, 4.69) is 10.1 Å². The molecule has 1 N–H and O–H groups in total. The first kappa shape index (κ1) is 10.9. The van der Waals surface area contributed by atoms with Crippen LogP contribution in [0.5, 0.6) is 0 Å². The lowest BCUT2D eigenvalue weighted by Gasteiger charge is -2.07. The van der Waals surface area contributed by atoms with E-state index in [0.717, 1.165) is 0 Å². The van der Waals surface area contributed by atoms with Gasteiger partial charge in [0.25, 0.3) is 0 Å². The molecule has 5 nitrogen and oxygen atoms in total. The topological polar surface area (TPSA) is 71.3 Å². The van der Waals surface area contributed by atoms with Crippen molar-refractivity contribution in [3.8, 4) is 6.07 Å². The van der Waals surface area contributed by atoms with Crippen molar-refractivity contribution in [3.63, 3.8) is 0 Å². The average Bonchev–Trinajstić information content (AvgIpc) is 2.11. The highest BCUT2D eigenvalue weighted by atomic mass is 16.5. The van der Waals surface area contributed by atoms with E-state index in [1.54, 1.807) is 13.2 Å². The van der Waals surface area contributed by atoms with Crippen LogP contribution in [0.2, 0.25) is 0 Å². The Kier molecular flexibility index (Phi) is 5.97. The summed E-state index contributed by atoms with van der Waals surface area (Å²) >= 11 is 0. The number of rotatable bonds is 5. The van der Waals surface area contributed by atoms with Gasteiger partial charge in [-0.3, -0.25) is 5.32 Å². The molecular weight excluding hydrogens is 160 g/mol. The van der Waals surface area contributed by atoms with Gasteiger partial charge in [0, 0.05) is 13.7 Å². The van der Waals surface area contributed by atoms with Crippen molar-refractivity contribution in [2.45, 2.75) is 6.04 Å². The Morgan fingerprint density at radius 1 is 1.67 bits per heavy atom. The predicted octanol–water partition coefficient (Wildman–Crippen LogP) is -0.712. The lowest BCUT2D eigenvalue weighted by molar-refractivity contribution is -0.141. The number of nitrogens with zero attached hydrogens (tertiary/aromatic N) is 1. The summed E-state index contributed by atoms with van der Waals surface area (Å²) in [7, 11) is 2.78. The van der Waals surface area contributed by atoms with Gasteiger partial charge in [-0.1, -0.05) is 0 Å². The first-order valence-electron chi connectivity index (χ1n) is 3.46. The quantitative estimate of drug-likeness (QED) is 0.438. The molecule has 0 aliphatic heterocycles. The summed E-state index contributed by atoms with van der Waals surface area (Å²) < 4.78 is 9.10. The first-order valence-corrected chi connectivity index (χ1v) is 3.46. The Labute approximate surface area is 71.3 Å². The molecular formula is C7H12N2O3. The molecule has 68 valence electrons. The summed E-state index contributed by atoms with van der Waals surface area (Å²) in [6.45, 7) is 0.902. The number of carbonyl (C=O) groups is 1. The number of methoxy groups -OCH3 is 2. The van der Waals surface area contributed by atoms with Crippen LogP contribution >= 0.6 is 0 Å². The van der Waals surface area contributed by atoms with E-state index in [1.165, 1.54) is 7.11 Å². The minimum absolute atomic E-state index is 0.448. The second-order valence-electron chi connectivity index (χ2n) is 2.03. The molecule has 0 saturated heterocycles. The van der Waals surface area contributed by atoms with Gasteiger partial charge in [-0.25, -0.2) is 4.79 Å². The fraction of sp³-hybridized carbons (Fsp3) is 0.714. The normalized spacial score (nSPS) is 11.8. The number of hydrogen-bond donors (Lipinski definition) is 1. The van der Waals surface area contributed by atoms with Gasteiger partial charge < -0.3 is 9.47 Å². The molecule has 1 atom stereocenters. The maximum absolute atomic E-state index is 10.8. The molecule has 0 radical (unpaired) electrons. The SMILES string of the molecule is COCCNC(C#N)C(=O)OC. The fourth-order valence-electron chi connectivity index (χ4n) is 0.605. The second-order valence-corrected chi connectivity index (χ2v) is 2.03. The van der Waals surface area contributed by atoms with E-state index in [4.69, 9.17) is 10.00 Å². The third-order valence-corrected chi connectivity index (χ3v) is 1.22. The van der Waals surface area contributed by atoms with Crippen molar-refractivity contribution in [1.82, 2.24) is 5.32 Å². The molecule has 1 unspecified atom stereocenters. The Morgan fingerprint density at radius 2 is 2.33 bits per heavy atom. The van der Waals surface area contributed by atoms with E-state index in [0.29, 0.717) is 13.2 Å². The van der Waals surface area contributed by atoms with E-state index >= 15 is 0 Å². The molecule has 12 heavy (non-hydrogen) atoms. The molecule has 0 aliphatic rings. The number of nitriles is 1. The van der Waals surface area contributed by atoms with E-state index in [1.807, 2.05) is 0 Å². The molecule has 0 rings (SSSR count). The van der Waals surface area contributed by atoms with Crippen LogP contribution in [0.25, 0.3) is 0 Å². The summed E-state index contributed by atoms with van der Waals surface area (Å²) in [6.07, 6.45) is 0. The van der Waals surface area contributed by atoms with Crippen LogP contribution in [0.4, 0.5) is 0 Å². The third kappa shape index (κ3) is 3.91. The van der Waals surface area contributed by atoms with Gasteiger partial charge in [-0.2, -0.15) is 5.26 Å². The molecule has 0 saturated carbocycles. The van der Waals surface area contributed by atoms with E-state index in [-0.39, 0.29) is 0 Å². The Morgan fingerprint density at radius 3 is 2.75 bits per heavy atom. The van der Waals surface area contributed by atoms with Crippen LogP contribution in [0.3, 0.4) is 0 Å². The van der Waals surface area contributed by atoms with Crippen LogP contribution in [-0.4, -0.2) is 39.4 Å². The highest BCUT2D eigenvalue weighted by Crippen LogP contribution is 1.84. The number of carbonyl (C=O) groups excluding carboxylic acids is 1. The van der Waals surface area contributed by atoms with Crippen LogP contribution in [-0.2, 0) is 14.3 Å². The zero-order valence-corrected chi connectivity index (χ0v) is 7.16. The highest BCUT2D eigenvalue weighted by molar-refractivity contribution is 5.78. The smallest absolute Gasteiger partial charge is 0.337 e. The zero-order valence-electron chi connectivity index (χ0n) is 7.16. The standard InChI is InChI=1S/C7H12N2O3/c1-11-4-3-9-6(5-8)7(10)12-2/h6,9H,3-4H2,1-2H3. The van der Waals surface area contributed by atoms with Crippen LogP contribution in [0.15, 0.2) is 0 Å². The number of nitrogens with one attached hydrogen (secondary N) is 1. The van der Waals surface area contributed by atoms with Gasteiger partial charge in [-0.05, 0) is 0 Å². The minimum atomic E-state index is -0.898. The molecule has 0 aliphatic carbocycles. The summed E-state index contributed by atoms with van der Waals surface area (Å²) in [5.74, 6) is -0.575. The molecule has 0 bridgehead atoms. The Hall–Kier alpha value is -1.12. The zero-order chi connectivity index (χ0) is 9.40. The maximum atomic E-state index is 10.8. The Bertz CT molecular complexity index is 176. The highest BCUT2D eigenvalue weighted by Gasteiger charge is 2.16. The molecule has 0 heterocycles. The Balaban J connectivity index is 3.70. The van der Waals surface area contributed by atoms with Crippen molar-refractivity contribution in [3.05, 3.63) is 0 Å². The van der Waals surface area contributed by atoms with Crippen molar-refractivity contribution < 1.29 is 14.3 Å². The van der Waals surface area contributed by atoms with Gasteiger partial charge in [0.2, 0.25) is 0 Å². The summed E-state index contributed by atoms with van der Waals surface area (Å²) in [5.41, 5.74) is 0. The van der Waals surface area contributed by atoms with Crippen molar-refractivity contribution in [1.29, 1.82) is 5.26 Å².